The lowest BCUT2D eigenvalue weighted by Crippen LogP contribution is -2.39. The van der Waals surface area contributed by atoms with Gasteiger partial charge in [-0.05, 0) is 31.9 Å². The summed E-state index contributed by atoms with van der Waals surface area (Å²) in [6.45, 7) is 2.63. The summed E-state index contributed by atoms with van der Waals surface area (Å²) in [4.78, 5) is 25.7. The minimum absolute atomic E-state index is 0.170. The number of carbonyl (C=O) groups is 1. The van der Waals surface area contributed by atoms with E-state index < -0.39 is 17.5 Å². The van der Waals surface area contributed by atoms with Crippen LogP contribution in [0.1, 0.15) is 40.7 Å². The number of hydrogen-bond acceptors (Lipinski definition) is 5. The first-order valence-corrected chi connectivity index (χ1v) is 8.62. The molecule has 3 heterocycles. The number of carbonyl (C=O) groups excluding carboxylic acids is 1. The van der Waals surface area contributed by atoms with E-state index in [-0.39, 0.29) is 11.5 Å². The van der Waals surface area contributed by atoms with Crippen LogP contribution in [-0.2, 0) is 0 Å². The van der Waals surface area contributed by atoms with E-state index in [1.807, 2.05) is 6.92 Å². The van der Waals surface area contributed by atoms with Gasteiger partial charge in [0.1, 0.15) is 0 Å². The summed E-state index contributed by atoms with van der Waals surface area (Å²) in [6, 6.07) is 3.60. The van der Waals surface area contributed by atoms with E-state index >= 15 is 0 Å². The van der Waals surface area contributed by atoms with Gasteiger partial charge >= 0.3 is 0 Å². The Morgan fingerprint density at radius 1 is 1.37 bits per heavy atom. The van der Waals surface area contributed by atoms with Crippen molar-refractivity contribution in [2.24, 2.45) is 0 Å². The molecule has 27 heavy (non-hydrogen) atoms. The molecule has 0 radical (unpaired) electrons. The summed E-state index contributed by atoms with van der Waals surface area (Å²) < 4.78 is 32.7. The summed E-state index contributed by atoms with van der Waals surface area (Å²) in [5, 5.41) is 3.94. The minimum atomic E-state index is -1.13. The first-order chi connectivity index (χ1) is 13.0. The van der Waals surface area contributed by atoms with Gasteiger partial charge in [0.25, 0.3) is 5.91 Å². The predicted octanol–water partition coefficient (Wildman–Crippen LogP) is 3.07. The third-order valence-corrected chi connectivity index (χ3v) is 4.60. The quantitative estimate of drug-likeness (QED) is 0.762. The number of rotatable bonds is 3. The average molecular weight is 373 g/mol. The number of nitrogens with one attached hydrogen (secondary N) is 1. The van der Waals surface area contributed by atoms with Crippen LogP contribution < -0.4 is 0 Å². The van der Waals surface area contributed by atoms with Gasteiger partial charge in [0.2, 0.25) is 11.7 Å². The van der Waals surface area contributed by atoms with Gasteiger partial charge in [-0.3, -0.25) is 4.79 Å². The molecule has 4 rings (SSSR count). The standard InChI is InChI=1S/C18H17F2N5O2/c1-10-8-21-15(22-10)16-23-17(27-24-16)11-4-3-7-25(9-11)18(26)12-5-2-6-13(19)14(12)20/h2,5-6,8,11H,3-4,7,9H2,1H3,(H,21,22). The summed E-state index contributed by atoms with van der Waals surface area (Å²) in [5.74, 6) is -1.63. The van der Waals surface area contributed by atoms with Crippen molar-refractivity contribution < 1.29 is 18.1 Å². The zero-order chi connectivity index (χ0) is 19.0. The number of H-pyrrole nitrogens is 1. The largest absolute Gasteiger partial charge is 0.339 e. The lowest BCUT2D eigenvalue weighted by atomic mass is 9.97. The topological polar surface area (TPSA) is 87.9 Å². The third kappa shape index (κ3) is 3.32. The van der Waals surface area contributed by atoms with Gasteiger partial charge in [-0.25, -0.2) is 13.8 Å². The maximum absolute atomic E-state index is 13.9. The number of piperidine rings is 1. The number of halogens is 2. The highest BCUT2D eigenvalue weighted by molar-refractivity contribution is 5.94. The third-order valence-electron chi connectivity index (χ3n) is 4.60. The molecule has 2 aromatic heterocycles. The molecule has 1 amide bonds. The van der Waals surface area contributed by atoms with Crippen LogP contribution in [0.15, 0.2) is 28.9 Å². The smallest absolute Gasteiger partial charge is 0.256 e. The first kappa shape index (κ1) is 17.3. The number of imidazole rings is 1. The van der Waals surface area contributed by atoms with Gasteiger partial charge in [-0.2, -0.15) is 4.98 Å². The number of hydrogen-bond donors (Lipinski definition) is 1. The van der Waals surface area contributed by atoms with Crippen LogP contribution in [0.5, 0.6) is 0 Å². The second kappa shape index (κ2) is 6.90. The van der Waals surface area contributed by atoms with Gasteiger partial charge in [0, 0.05) is 25.0 Å². The maximum atomic E-state index is 13.9. The fourth-order valence-corrected chi connectivity index (χ4v) is 3.23. The normalized spacial score (nSPS) is 17.3. The summed E-state index contributed by atoms with van der Waals surface area (Å²) in [7, 11) is 0. The fourth-order valence-electron chi connectivity index (χ4n) is 3.23. The van der Waals surface area contributed by atoms with E-state index in [1.54, 1.807) is 6.20 Å². The van der Waals surface area contributed by atoms with Gasteiger partial charge in [-0.1, -0.05) is 11.2 Å². The zero-order valence-corrected chi connectivity index (χ0v) is 14.6. The van der Waals surface area contributed by atoms with Gasteiger partial charge < -0.3 is 14.4 Å². The molecule has 1 aromatic carbocycles. The number of benzene rings is 1. The Balaban J connectivity index is 1.52. The monoisotopic (exact) mass is 373 g/mol. The van der Waals surface area contributed by atoms with Crippen LogP contribution in [0.3, 0.4) is 0 Å². The molecule has 1 fully saturated rings. The molecule has 140 valence electrons. The molecule has 0 aliphatic carbocycles. The van der Waals surface area contributed by atoms with E-state index in [0.717, 1.165) is 18.2 Å². The van der Waals surface area contributed by atoms with Gasteiger partial charge in [0.15, 0.2) is 17.5 Å². The van der Waals surface area contributed by atoms with E-state index in [9.17, 15) is 13.6 Å². The number of amides is 1. The molecule has 1 unspecified atom stereocenters. The summed E-state index contributed by atoms with van der Waals surface area (Å²) in [6.07, 6.45) is 3.12. The van der Waals surface area contributed by atoms with Crippen molar-refractivity contribution in [1.82, 2.24) is 25.0 Å². The molecule has 0 bridgehead atoms. The first-order valence-electron chi connectivity index (χ1n) is 8.62. The van der Waals surface area contributed by atoms with Gasteiger partial charge in [-0.15, -0.1) is 0 Å². The number of aromatic amines is 1. The Labute approximate surface area is 153 Å². The fraction of sp³-hybridized carbons (Fsp3) is 0.333. The molecule has 9 heteroatoms. The summed E-state index contributed by atoms with van der Waals surface area (Å²) >= 11 is 0. The molecular weight excluding hydrogens is 356 g/mol. The van der Waals surface area contributed by atoms with Crippen molar-refractivity contribution in [3.8, 4) is 11.6 Å². The lowest BCUT2D eigenvalue weighted by Gasteiger charge is -2.31. The van der Waals surface area contributed by atoms with Crippen LogP contribution >= 0.6 is 0 Å². The Hall–Kier alpha value is -3.10. The minimum Gasteiger partial charge on any atom is -0.339 e. The number of aromatic nitrogens is 4. The van der Waals surface area contributed by atoms with Crippen LogP contribution in [-0.4, -0.2) is 44.0 Å². The molecule has 1 aliphatic rings. The second-order valence-corrected chi connectivity index (χ2v) is 6.56. The number of nitrogens with zero attached hydrogens (tertiary/aromatic N) is 4. The highest BCUT2D eigenvalue weighted by atomic mass is 19.2. The van der Waals surface area contributed by atoms with Crippen molar-refractivity contribution in [3.63, 3.8) is 0 Å². The molecule has 1 saturated heterocycles. The van der Waals surface area contributed by atoms with Crippen LogP contribution in [0, 0.1) is 18.6 Å². The van der Waals surface area contributed by atoms with Crippen molar-refractivity contribution in [3.05, 3.63) is 53.2 Å². The Kier molecular flexibility index (Phi) is 4.43. The summed E-state index contributed by atoms with van der Waals surface area (Å²) in [5.41, 5.74) is 0.607. The highest BCUT2D eigenvalue weighted by Gasteiger charge is 2.30. The van der Waals surface area contributed by atoms with E-state index in [0.29, 0.717) is 37.0 Å². The maximum Gasteiger partial charge on any atom is 0.256 e. The van der Waals surface area contributed by atoms with E-state index in [1.165, 1.54) is 17.0 Å². The Bertz CT molecular complexity index is 984. The second-order valence-electron chi connectivity index (χ2n) is 6.56. The molecule has 7 nitrogen and oxygen atoms in total. The van der Waals surface area contributed by atoms with Crippen molar-refractivity contribution in [1.29, 1.82) is 0 Å². The Morgan fingerprint density at radius 2 is 2.22 bits per heavy atom. The molecule has 1 atom stereocenters. The van der Waals surface area contributed by atoms with Crippen molar-refractivity contribution in [2.75, 3.05) is 13.1 Å². The van der Waals surface area contributed by atoms with Crippen molar-refractivity contribution >= 4 is 5.91 Å². The highest BCUT2D eigenvalue weighted by Crippen LogP contribution is 2.28. The zero-order valence-electron chi connectivity index (χ0n) is 14.6. The average Bonchev–Trinajstić information content (AvgIpc) is 3.32. The number of aryl methyl sites for hydroxylation is 1. The molecule has 0 saturated carbocycles. The molecule has 1 N–H and O–H groups in total. The van der Waals surface area contributed by atoms with Crippen molar-refractivity contribution in [2.45, 2.75) is 25.7 Å². The lowest BCUT2D eigenvalue weighted by molar-refractivity contribution is 0.0690. The van der Waals surface area contributed by atoms with E-state index in [2.05, 4.69) is 20.1 Å². The Morgan fingerprint density at radius 3 is 3.00 bits per heavy atom. The number of likely N-dealkylation sites (tertiary alicyclic amines) is 1. The van der Waals surface area contributed by atoms with Crippen LogP contribution in [0.25, 0.3) is 11.6 Å². The van der Waals surface area contributed by atoms with E-state index in [4.69, 9.17) is 4.52 Å². The molecule has 0 spiro atoms. The van der Waals surface area contributed by atoms with Crippen LogP contribution in [0.2, 0.25) is 0 Å². The molecular formula is C18H17F2N5O2. The predicted molar refractivity (Wildman–Crippen MR) is 90.9 cm³/mol. The molecule has 1 aliphatic heterocycles. The molecule has 3 aromatic rings. The van der Waals surface area contributed by atoms with Crippen LogP contribution in [0.4, 0.5) is 8.78 Å². The SMILES string of the molecule is Cc1cnc(-c2noc(C3CCCN(C(=O)c4cccc(F)c4F)C3)n2)[nH]1. The van der Waals surface area contributed by atoms with Gasteiger partial charge in [0.05, 0.1) is 11.5 Å².